The van der Waals surface area contributed by atoms with Crippen molar-refractivity contribution in [2.75, 3.05) is 30.9 Å². The number of rotatable bonds is 4. The Morgan fingerprint density at radius 3 is 2.54 bits per heavy atom. The Balaban J connectivity index is 1.44. The number of benzodiazepines with no additional fused rings is 1. The highest BCUT2D eigenvalue weighted by atomic mass is 16.3. The molecule has 2 heterocycles. The van der Waals surface area contributed by atoms with Gasteiger partial charge in [-0.25, -0.2) is 4.79 Å². The van der Waals surface area contributed by atoms with Crippen LogP contribution in [0.25, 0.3) is 5.57 Å². The summed E-state index contributed by atoms with van der Waals surface area (Å²) in [5, 5.41) is 16.0. The first-order valence-electron chi connectivity index (χ1n) is 12.6. The summed E-state index contributed by atoms with van der Waals surface area (Å²) in [7, 11) is 3.33. The van der Waals surface area contributed by atoms with Crippen LogP contribution in [0.2, 0.25) is 0 Å². The molecule has 1 fully saturated rings. The van der Waals surface area contributed by atoms with Gasteiger partial charge in [-0.2, -0.15) is 0 Å². The van der Waals surface area contributed by atoms with Crippen LogP contribution in [0.1, 0.15) is 43.2 Å². The smallest absolute Gasteiger partial charge is 0.321 e. The van der Waals surface area contributed by atoms with Gasteiger partial charge in [0.15, 0.2) is 0 Å². The first kappa shape index (κ1) is 24.5. The van der Waals surface area contributed by atoms with Crippen LogP contribution in [0.15, 0.2) is 59.3 Å². The van der Waals surface area contributed by atoms with Gasteiger partial charge in [0.25, 0.3) is 11.8 Å². The van der Waals surface area contributed by atoms with Gasteiger partial charge in [0, 0.05) is 37.5 Å². The second-order valence-corrected chi connectivity index (χ2v) is 9.93. The fourth-order valence-corrected chi connectivity index (χ4v) is 5.55. The summed E-state index contributed by atoms with van der Waals surface area (Å²) in [5.41, 5.74) is 1.26. The second kappa shape index (κ2) is 9.72. The van der Waals surface area contributed by atoms with Crippen LogP contribution in [0.3, 0.4) is 0 Å². The molecule has 4 amide bonds. The van der Waals surface area contributed by atoms with E-state index in [0.717, 1.165) is 43.4 Å². The van der Waals surface area contributed by atoms with Crippen LogP contribution in [-0.2, 0) is 9.59 Å². The minimum atomic E-state index is -1.44. The zero-order chi connectivity index (χ0) is 26.2. The molecular formula is C28H31N5O4. The Hall–Kier alpha value is -4.14. The third kappa shape index (κ3) is 4.45. The second-order valence-electron chi connectivity index (χ2n) is 9.93. The van der Waals surface area contributed by atoms with Crippen molar-refractivity contribution in [2.45, 2.75) is 37.8 Å². The van der Waals surface area contributed by atoms with Crippen LogP contribution in [0.4, 0.5) is 16.2 Å². The third-order valence-electron chi connectivity index (χ3n) is 7.48. The third-order valence-corrected chi connectivity index (χ3v) is 7.48. The number of hydrogen-bond acceptors (Lipinski definition) is 5. The van der Waals surface area contributed by atoms with Gasteiger partial charge in [-0.3, -0.25) is 14.6 Å². The number of anilines is 2. The van der Waals surface area contributed by atoms with Gasteiger partial charge in [0.05, 0.1) is 17.8 Å². The number of para-hydroxylation sites is 1. The molecule has 1 atom stereocenters. The summed E-state index contributed by atoms with van der Waals surface area (Å²) in [4.78, 5) is 47.6. The zero-order valence-corrected chi connectivity index (χ0v) is 21.0. The largest absolute Gasteiger partial charge is 0.510 e. The van der Waals surface area contributed by atoms with E-state index >= 15 is 0 Å². The lowest BCUT2D eigenvalue weighted by Crippen LogP contribution is -2.63. The number of urea groups is 1. The number of aliphatic hydroxyl groups excluding tert-OH is 1. The molecule has 1 aliphatic carbocycles. The number of nitrogens with zero attached hydrogens (tertiary/aromatic N) is 3. The van der Waals surface area contributed by atoms with Crippen LogP contribution < -0.4 is 15.5 Å². The van der Waals surface area contributed by atoms with Crippen molar-refractivity contribution in [3.63, 3.8) is 0 Å². The molecule has 192 valence electrons. The molecule has 9 heteroatoms. The Kier molecular flexibility index (Phi) is 6.45. The number of likely N-dealkylation sites (N-methyl/N-ethyl adjacent to an activating group) is 2. The number of carbonyl (C=O) groups is 3. The monoisotopic (exact) mass is 501 g/mol. The van der Waals surface area contributed by atoms with E-state index in [9.17, 15) is 19.5 Å². The fourth-order valence-electron chi connectivity index (χ4n) is 5.55. The van der Waals surface area contributed by atoms with Gasteiger partial charge in [-0.15, -0.1) is 0 Å². The van der Waals surface area contributed by atoms with E-state index < -0.39 is 11.7 Å². The Labute approximate surface area is 215 Å². The highest BCUT2D eigenvalue weighted by Crippen LogP contribution is 2.38. The van der Waals surface area contributed by atoms with Crippen molar-refractivity contribution < 1.29 is 19.5 Å². The highest BCUT2D eigenvalue weighted by molar-refractivity contribution is 6.22. The van der Waals surface area contributed by atoms with E-state index in [1.54, 1.807) is 49.5 Å². The summed E-state index contributed by atoms with van der Waals surface area (Å²) in [6.07, 6.45) is 6.29. The molecule has 2 aliphatic heterocycles. The maximum atomic E-state index is 13.9. The SMILES string of the molecule is CN1CC(O)=C(c2cccc(NC(=O)N[C@]3(C4CCCCC4)N=Cc4ccccc4N(C)C3=O)c2)C1=O. The maximum Gasteiger partial charge on any atom is 0.321 e. The van der Waals surface area contributed by atoms with Crippen molar-refractivity contribution in [3.8, 4) is 0 Å². The van der Waals surface area contributed by atoms with Crippen LogP contribution in [0, 0.1) is 5.92 Å². The molecule has 0 unspecified atom stereocenters. The standard InChI is InChI=1S/C28H31N5O4/c1-32-17-23(34)24(25(32)35)18-10-8-13-21(15-18)30-27(37)31-28(20-11-4-3-5-12-20)26(36)33(2)22-14-7-6-9-19(22)16-29-28/h6-10,13-16,20,34H,3-5,11-12,17H2,1-2H3,(H2,30,31,37)/t28-/m0/s1. The average molecular weight is 502 g/mol. The quantitative estimate of drug-likeness (QED) is 0.589. The molecular weight excluding hydrogens is 470 g/mol. The molecule has 2 aromatic carbocycles. The first-order chi connectivity index (χ1) is 17.8. The van der Waals surface area contributed by atoms with E-state index in [1.165, 1.54) is 4.90 Å². The van der Waals surface area contributed by atoms with Gasteiger partial charge >= 0.3 is 6.03 Å². The molecule has 3 aliphatic rings. The van der Waals surface area contributed by atoms with Crippen LogP contribution in [0.5, 0.6) is 0 Å². The van der Waals surface area contributed by atoms with Gasteiger partial charge in [0.2, 0.25) is 5.66 Å². The topological polar surface area (TPSA) is 114 Å². The zero-order valence-electron chi connectivity index (χ0n) is 21.0. The summed E-state index contributed by atoms with van der Waals surface area (Å²) in [5.74, 6) is -0.713. The first-order valence-corrected chi connectivity index (χ1v) is 12.6. The molecule has 0 aromatic heterocycles. The molecule has 0 bridgehead atoms. The molecule has 3 N–H and O–H groups in total. The minimum Gasteiger partial charge on any atom is -0.510 e. The molecule has 5 rings (SSSR count). The van der Waals surface area contributed by atoms with Gasteiger partial charge < -0.3 is 25.5 Å². The summed E-state index contributed by atoms with van der Waals surface area (Å²) >= 11 is 0. The normalized spacial score (nSPS) is 22.2. The average Bonchev–Trinajstić information content (AvgIpc) is 3.11. The predicted octanol–water partition coefficient (Wildman–Crippen LogP) is 3.92. The van der Waals surface area contributed by atoms with Crippen LogP contribution >= 0.6 is 0 Å². The number of hydrogen-bond donors (Lipinski definition) is 3. The summed E-state index contributed by atoms with van der Waals surface area (Å²) in [6.45, 7) is 0.145. The number of benzene rings is 2. The molecule has 0 saturated heterocycles. The van der Waals surface area contributed by atoms with Gasteiger partial charge in [0.1, 0.15) is 5.76 Å². The lowest BCUT2D eigenvalue weighted by Gasteiger charge is -2.40. The van der Waals surface area contributed by atoms with E-state index in [0.29, 0.717) is 11.3 Å². The van der Waals surface area contributed by atoms with E-state index in [2.05, 4.69) is 10.6 Å². The Morgan fingerprint density at radius 1 is 1.05 bits per heavy atom. The van der Waals surface area contributed by atoms with E-state index in [4.69, 9.17) is 4.99 Å². The molecule has 9 nitrogen and oxygen atoms in total. The van der Waals surface area contributed by atoms with Crippen molar-refractivity contribution in [1.29, 1.82) is 0 Å². The molecule has 0 radical (unpaired) electrons. The number of nitrogens with one attached hydrogen (secondary N) is 2. The van der Waals surface area contributed by atoms with Crippen LogP contribution in [-0.4, -0.2) is 60.4 Å². The Bertz CT molecular complexity index is 1310. The van der Waals surface area contributed by atoms with Crippen molar-refractivity contribution in [3.05, 3.63) is 65.4 Å². The minimum absolute atomic E-state index is 0.00801. The lowest BCUT2D eigenvalue weighted by molar-refractivity contribution is -0.126. The van der Waals surface area contributed by atoms with Gasteiger partial charge in [-0.1, -0.05) is 49.6 Å². The van der Waals surface area contributed by atoms with Crippen molar-refractivity contribution >= 4 is 41.0 Å². The molecule has 0 spiro atoms. The van der Waals surface area contributed by atoms with E-state index in [1.807, 2.05) is 24.3 Å². The van der Waals surface area contributed by atoms with Crippen molar-refractivity contribution in [2.24, 2.45) is 10.9 Å². The van der Waals surface area contributed by atoms with Gasteiger partial charge in [-0.05, 0) is 36.6 Å². The van der Waals surface area contributed by atoms with Crippen molar-refractivity contribution in [1.82, 2.24) is 10.2 Å². The molecule has 37 heavy (non-hydrogen) atoms. The molecule has 2 aromatic rings. The maximum absolute atomic E-state index is 13.9. The number of amides is 4. The predicted molar refractivity (Wildman–Crippen MR) is 143 cm³/mol. The number of fused-ring (bicyclic) bond motifs is 1. The summed E-state index contributed by atoms with van der Waals surface area (Å²) < 4.78 is 0. The fraction of sp³-hybridized carbons (Fsp3) is 0.357. The van der Waals surface area contributed by atoms with E-state index in [-0.39, 0.29) is 35.6 Å². The molecule has 1 saturated carbocycles. The number of aliphatic hydroxyl groups is 1. The highest BCUT2D eigenvalue weighted by Gasteiger charge is 2.49. The lowest BCUT2D eigenvalue weighted by atomic mass is 9.79. The summed E-state index contributed by atoms with van der Waals surface area (Å²) in [6, 6.07) is 13.7. The number of aliphatic imine (C=N–C) groups is 1. The Morgan fingerprint density at radius 2 is 1.81 bits per heavy atom. The number of carbonyl (C=O) groups excluding carboxylic acids is 3.